The third kappa shape index (κ3) is 2.44. The molecule has 2 aliphatic heterocycles. The summed E-state index contributed by atoms with van der Waals surface area (Å²) in [6, 6.07) is 6.55. The van der Waals surface area contributed by atoms with Crippen molar-refractivity contribution in [2.45, 2.75) is 38.3 Å². The van der Waals surface area contributed by atoms with Crippen molar-refractivity contribution in [3.8, 4) is 11.3 Å². The molecular formula is C17H21N3O. The van der Waals surface area contributed by atoms with Gasteiger partial charge in [-0.3, -0.25) is 0 Å². The Morgan fingerprint density at radius 2 is 2.33 bits per heavy atom. The van der Waals surface area contributed by atoms with Gasteiger partial charge in [0, 0.05) is 24.4 Å². The Labute approximate surface area is 125 Å². The minimum absolute atomic E-state index is 0.330. The molecule has 110 valence electrons. The molecule has 1 unspecified atom stereocenters. The summed E-state index contributed by atoms with van der Waals surface area (Å²) < 4.78 is 8.11. The molecule has 0 radical (unpaired) electrons. The molecule has 4 nitrogen and oxygen atoms in total. The first-order valence-electron chi connectivity index (χ1n) is 7.90. The Morgan fingerprint density at radius 3 is 3.24 bits per heavy atom. The van der Waals surface area contributed by atoms with Crippen molar-refractivity contribution in [3.05, 3.63) is 36.3 Å². The van der Waals surface area contributed by atoms with Crippen molar-refractivity contribution in [2.24, 2.45) is 0 Å². The normalized spacial score (nSPS) is 21.0. The lowest BCUT2D eigenvalue weighted by Crippen LogP contribution is -2.24. The van der Waals surface area contributed by atoms with Gasteiger partial charge in [-0.05, 0) is 31.2 Å². The predicted octanol–water partition coefficient (Wildman–Crippen LogP) is 3.09. The number of imidazole rings is 1. The molecule has 2 aromatic rings. The number of aromatic nitrogens is 2. The van der Waals surface area contributed by atoms with E-state index in [-0.39, 0.29) is 0 Å². The van der Waals surface area contributed by atoms with Crippen LogP contribution in [0.15, 0.2) is 30.7 Å². The van der Waals surface area contributed by atoms with Crippen LogP contribution < -0.4 is 5.32 Å². The van der Waals surface area contributed by atoms with E-state index >= 15 is 0 Å². The number of nitrogens with zero attached hydrogens (tertiary/aromatic N) is 2. The first-order chi connectivity index (χ1) is 10.4. The van der Waals surface area contributed by atoms with E-state index in [2.05, 4.69) is 33.1 Å². The van der Waals surface area contributed by atoms with E-state index in [1.54, 1.807) is 0 Å². The van der Waals surface area contributed by atoms with E-state index in [1.807, 2.05) is 12.5 Å². The molecule has 1 saturated heterocycles. The van der Waals surface area contributed by atoms with E-state index in [4.69, 9.17) is 4.74 Å². The van der Waals surface area contributed by atoms with Crippen LogP contribution in [0.4, 0.5) is 5.69 Å². The van der Waals surface area contributed by atoms with Gasteiger partial charge in [0.2, 0.25) is 0 Å². The predicted molar refractivity (Wildman–Crippen MR) is 83.4 cm³/mol. The van der Waals surface area contributed by atoms with Gasteiger partial charge in [0.15, 0.2) is 0 Å². The molecule has 3 heterocycles. The lowest BCUT2D eigenvalue weighted by atomic mass is 10.0. The quantitative estimate of drug-likeness (QED) is 0.941. The molecule has 1 aromatic heterocycles. The number of hydrogen-bond donors (Lipinski definition) is 1. The number of hydrogen-bond acceptors (Lipinski definition) is 3. The largest absolute Gasteiger partial charge is 0.384 e. The first-order valence-corrected chi connectivity index (χ1v) is 7.90. The van der Waals surface area contributed by atoms with E-state index in [1.165, 1.54) is 35.3 Å². The van der Waals surface area contributed by atoms with Gasteiger partial charge < -0.3 is 14.6 Å². The zero-order valence-corrected chi connectivity index (χ0v) is 12.2. The SMILES string of the molecule is c1cc2c(c(-c3cncn3CC3CCCCO3)c1)NCC2. The molecule has 21 heavy (non-hydrogen) atoms. The van der Waals surface area contributed by atoms with Crippen LogP contribution in [-0.4, -0.2) is 28.8 Å². The average Bonchev–Trinajstić information content (AvgIpc) is 3.16. The number of fused-ring (bicyclic) bond motifs is 1. The average molecular weight is 283 g/mol. The molecule has 1 aromatic carbocycles. The summed E-state index contributed by atoms with van der Waals surface area (Å²) in [4.78, 5) is 4.37. The van der Waals surface area contributed by atoms with Gasteiger partial charge in [-0.15, -0.1) is 0 Å². The fourth-order valence-electron chi connectivity index (χ4n) is 3.41. The van der Waals surface area contributed by atoms with E-state index in [0.29, 0.717) is 6.10 Å². The van der Waals surface area contributed by atoms with Gasteiger partial charge in [-0.1, -0.05) is 18.2 Å². The monoisotopic (exact) mass is 283 g/mol. The maximum atomic E-state index is 5.87. The van der Waals surface area contributed by atoms with Crippen LogP contribution >= 0.6 is 0 Å². The molecule has 0 bridgehead atoms. The number of anilines is 1. The second kappa shape index (κ2) is 5.53. The lowest BCUT2D eigenvalue weighted by molar-refractivity contribution is 0.00622. The molecule has 1 atom stereocenters. The molecule has 1 fully saturated rings. The van der Waals surface area contributed by atoms with Crippen LogP contribution in [0.5, 0.6) is 0 Å². The first kappa shape index (κ1) is 12.9. The number of benzene rings is 1. The van der Waals surface area contributed by atoms with Crippen LogP contribution in [-0.2, 0) is 17.7 Å². The van der Waals surface area contributed by atoms with Crippen molar-refractivity contribution in [2.75, 3.05) is 18.5 Å². The van der Waals surface area contributed by atoms with Gasteiger partial charge in [0.25, 0.3) is 0 Å². The summed E-state index contributed by atoms with van der Waals surface area (Å²) in [5.74, 6) is 0. The Hall–Kier alpha value is -1.81. The maximum Gasteiger partial charge on any atom is 0.0951 e. The fourth-order valence-corrected chi connectivity index (χ4v) is 3.41. The van der Waals surface area contributed by atoms with Crippen LogP contribution in [0.3, 0.4) is 0 Å². The summed E-state index contributed by atoms with van der Waals surface area (Å²) in [6.45, 7) is 2.84. The van der Waals surface area contributed by atoms with E-state index in [0.717, 1.165) is 32.5 Å². The highest BCUT2D eigenvalue weighted by atomic mass is 16.5. The van der Waals surface area contributed by atoms with Crippen LogP contribution in [0, 0.1) is 0 Å². The summed E-state index contributed by atoms with van der Waals surface area (Å²) in [5.41, 5.74) is 5.15. The molecular weight excluding hydrogens is 262 g/mol. The van der Waals surface area contributed by atoms with Crippen molar-refractivity contribution >= 4 is 5.69 Å². The van der Waals surface area contributed by atoms with Crippen LogP contribution in [0.2, 0.25) is 0 Å². The minimum atomic E-state index is 0.330. The minimum Gasteiger partial charge on any atom is -0.384 e. The Balaban J connectivity index is 1.64. The molecule has 0 spiro atoms. The van der Waals surface area contributed by atoms with Gasteiger partial charge >= 0.3 is 0 Å². The third-order valence-corrected chi connectivity index (χ3v) is 4.51. The van der Waals surface area contributed by atoms with E-state index < -0.39 is 0 Å². The van der Waals surface area contributed by atoms with E-state index in [9.17, 15) is 0 Å². The fraction of sp³-hybridized carbons (Fsp3) is 0.471. The number of para-hydroxylation sites is 1. The van der Waals surface area contributed by atoms with Crippen LogP contribution in [0.25, 0.3) is 11.3 Å². The molecule has 0 saturated carbocycles. The standard InChI is InChI=1S/C17H21N3O/c1-2-9-21-14(5-1)11-20-12-18-10-16(20)15-6-3-4-13-7-8-19-17(13)15/h3-4,6,10,12,14,19H,1-2,5,7-9,11H2. The number of rotatable bonds is 3. The summed E-state index contributed by atoms with van der Waals surface area (Å²) in [7, 11) is 0. The highest BCUT2D eigenvalue weighted by molar-refractivity contribution is 5.79. The summed E-state index contributed by atoms with van der Waals surface area (Å²) >= 11 is 0. The van der Waals surface area contributed by atoms with Crippen molar-refractivity contribution in [1.29, 1.82) is 0 Å². The Kier molecular flexibility index (Phi) is 3.39. The Bertz CT molecular complexity index is 629. The maximum absolute atomic E-state index is 5.87. The lowest BCUT2D eigenvalue weighted by Gasteiger charge is -2.24. The molecule has 4 heteroatoms. The second-order valence-corrected chi connectivity index (χ2v) is 5.94. The third-order valence-electron chi connectivity index (χ3n) is 4.51. The highest BCUT2D eigenvalue weighted by Gasteiger charge is 2.19. The molecule has 4 rings (SSSR count). The van der Waals surface area contributed by atoms with Gasteiger partial charge in [-0.25, -0.2) is 4.98 Å². The van der Waals surface area contributed by atoms with Gasteiger partial charge in [0.05, 0.1) is 30.9 Å². The molecule has 0 aliphatic carbocycles. The Morgan fingerprint density at radius 1 is 1.33 bits per heavy atom. The summed E-state index contributed by atoms with van der Waals surface area (Å²) in [6.07, 6.45) is 8.98. The van der Waals surface area contributed by atoms with Crippen molar-refractivity contribution in [3.63, 3.8) is 0 Å². The smallest absolute Gasteiger partial charge is 0.0951 e. The molecule has 0 amide bonds. The summed E-state index contributed by atoms with van der Waals surface area (Å²) in [5, 5.41) is 3.52. The molecule has 2 aliphatic rings. The topological polar surface area (TPSA) is 39.1 Å². The zero-order chi connectivity index (χ0) is 14.1. The van der Waals surface area contributed by atoms with Crippen LogP contribution in [0.1, 0.15) is 24.8 Å². The van der Waals surface area contributed by atoms with Gasteiger partial charge in [-0.2, -0.15) is 0 Å². The number of nitrogens with one attached hydrogen (secondary N) is 1. The zero-order valence-electron chi connectivity index (χ0n) is 12.2. The molecule has 1 N–H and O–H groups in total. The highest BCUT2D eigenvalue weighted by Crippen LogP contribution is 2.34. The van der Waals surface area contributed by atoms with Crippen molar-refractivity contribution < 1.29 is 4.74 Å². The number of ether oxygens (including phenoxy) is 1. The van der Waals surface area contributed by atoms with Gasteiger partial charge in [0.1, 0.15) is 0 Å². The van der Waals surface area contributed by atoms with Crippen molar-refractivity contribution in [1.82, 2.24) is 9.55 Å². The second-order valence-electron chi connectivity index (χ2n) is 5.94.